The first-order valence-corrected chi connectivity index (χ1v) is 5.28. The Morgan fingerprint density at radius 1 is 1.69 bits per heavy atom. The minimum absolute atomic E-state index is 0.0967. The fourth-order valence-electron chi connectivity index (χ4n) is 1.42. The van der Waals surface area contributed by atoms with Gasteiger partial charge in [0.25, 0.3) is 0 Å². The Morgan fingerprint density at radius 2 is 2.31 bits per heavy atom. The third-order valence-corrected chi connectivity index (χ3v) is 2.94. The lowest BCUT2D eigenvalue weighted by Crippen LogP contribution is -2.48. The van der Waals surface area contributed by atoms with Gasteiger partial charge in [0.1, 0.15) is 6.10 Å². The molecular formula is C10H17F2NO3. The van der Waals surface area contributed by atoms with Crippen molar-refractivity contribution in [2.75, 3.05) is 13.2 Å². The third-order valence-electron chi connectivity index (χ3n) is 2.94. The second kappa shape index (κ2) is 4.63. The molecule has 6 heteroatoms. The van der Waals surface area contributed by atoms with Crippen molar-refractivity contribution in [3.63, 3.8) is 0 Å². The highest BCUT2D eigenvalue weighted by Crippen LogP contribution is 2.30. The molecule has 0 radical (unpaired) electrons. The second-order valence-corrected chi connectivity index (χ2v) is 4.39. The lowest BCUT2D eigenvalue weighted by Gasteiger charge is -2.28. The molecule has 0 aliphatic carbocycles. The topological polar surface area (TPSA) is 58.6 Å². The summed E-state index contributed by atoms with van der Waals surface area (Å²) in [5.74, 6) is -4.82. The van der Waals surface area contributed by atoms with Crippen LogP contribution in [0, 0.1) is 0 Å². The number of alkyl halides is 2. The number of rotatable bonds is 5. The van der Waals surface area contributed by atoms with Gasteiger partial charge in [0.15, 0.2) is 0 Å². The lowest BCUT2D eigenvalue weighted by molar-refractivity contribution is -0.159. The van der Waals surface area contributed by atoms with Gasteiger partial charge in [-0.3, -0.25) is 0 Å². The van der Waals surface area contributed by atoms with Crippen LogP contribution in [0.25, 0.3) is 0 Å². The van der Waals surface area contributed by atoms with Crippen LogP contribution in [-0.2, 0) is 9.53 Å². The van der Waals surface area contributed by atoms with E-state index in [1.807, 2.05) is 6.92 Å². The van der Waals surface area contributed by atoms with Crippen molar-refractivity contribution in [2.24, 2.45) is 0 Å². The van der Waals surface area contributed by atoms with Gasteiger partial charge in [-0.25, -0.2) is 4.79 Å². The number of cyclic esters (lactones) is 1. The molecule has 1 rings (SSSR count). The van der Waals surface area contributed by atoms with Crippen LogP contribution in [0.4, 0.5) is 8.78 Å². The standard InChI is InChI=1S/C10H17F2NO3/c1-3-9(2,6-14)13-5-7-4-10(11,12)8(15)16-7/h7,13-14H,3-6H2,1-2H3. The summed E-state index contributed by atoms with van der Waals surface area (Å²) in [6.07, 6.45) is -0.759. The second-order valence-electron chi connectivity index (χ2n) is 4.39. The molecule has 2 N–H and O–H groups in total. The van der Waals surface area contributed by atoms with Crippen molar-refractivity contribution in [3.8, 4) is 0 Å². The van der Waals surface area contributed by atoms with E-state index < -0.39 is 30.0 Å². The molecule has 0 bridgehead atoms. The largest absolute Gasteiger partial charge is 0.456 e. The molecule has 0 amide bonds. The fraction of sp³-hybridized carbons (Fsp3) is 0.900. The van der Waals surface area contributed by atoms with E-state index in [4.69, 9.17) is 5.11 Å². The van der Waals surface area contributed by atoms with Gasteiger partial charge in [-0.1, -0.05) is 6.92 Å². The monoisotopic (exact) mass is 237 g/mol. The van der Waals surface area contributed by atoms with Crippen LogP contribution in [0.5, 0.6) is 0 Å². The molecule has 94 valence electrons. The van der Waals surface area contributed by atoms with E-state index >= 15 is 0 Å². The maximum absolute atomic E-state index is 12.8. The summed E-state index contributed by atoms with van der Waals surface area (Å²) < 4.78 is 30.2. The number of carbonyl (C=O) groups is 1. The van der Waals surface area contributed by atoms with E-state index in [1.54, 1.807) is 6.92 Å². The maximum Gasteiger partial charge on any atom is 0.377 e. The molecule has 2 unspecified atom stereocenters. The Labute approximate surface area is 93.0 Å². The first-order valence-electron chi connectivity index (χ1n) is 5.28. The molecule has 0 spiro atoms. The van der Waals surface area contributed by atoms with Crippen LogP contribution in [-0.4, -0.2) is 41.8 Å². The molecule has 16 heavy (non-hydrogen) atoms. The average Bonchev–Trinajstić information content (AvgIpc) is 2.50. The number of ether oxygens (including phenoxy) is 1. The highest BCUT2D eigenvalue weighted by Gasteiger charge is 2.50. The predicted molar refractivity (Wildman–Crippen MR) is 53.2 cm³/mol. The minimum atomic E-state index is -3.37. The molecule has 2 atom stereocenters. The molecule has 1 fully saturated rings. The Balaban J connectivity index is 2.44. The highest BCUT2D eigenvalue weighted by molar-refractivity contribution is 5.79. The molecule has 1 heterocycles. The van der Waals surface area contributed by atoms with Gasteiger partial charge in [0.2, 0.25) is 0 Å². The van der Waals surface area contributed by atoms with Gasteiger partial charge in [-0.2, -0.15) is 8.78 Å². The van der Waals surface area contributed by atoms with E-state index in [1.165, 1.54) is 0 Å². The van der Waals surface area contributed by atoms with Gasteiger partial charge in [-0.05, 0) is 13.3 Å². The van der Waals surface area contributed by atoms with Crippen molar-refractivity contribution >= 4 is 5.97 Å². The first kappa shape index (κ1) is 13.3. The normalized spacial score (nSPS) is 27.6. The fourth-order valence-corrected chi connectivity index (χ4v) is 1.42. The lowest BCUT2D eigenvalue weighted by atomic mass is 10.00. The van der Waals surface area contributed by atoms with Crippen molar-refractivity contribution in [3.05, 3.63) is 0 Å². The summed E-state index contributed by atoms with van der Waals surface area (Å²) in [6.45, 7) is 3.69. The van der Waals surface area contributed by atoms with Gasteiger partial charge >= 0.3 is 11.9 Å². The molecule has 1 saturated heterocycles. The van der Waals surface area contributed by atoms with Crippen molar-refractivity contribution in [1.29, 1.82) is 0 Å². The number of nitrogens with one attached hydrogen (secondary N) is 1. The number of carbonyl (C=O) groups excluding carboxylic acids is 1. The van der Waals surface area contributed by atoms with E-state index in [2.05, 4.69) is 10.1 Å². The Morgan fingerprint density at radius 3 is 2.69 bits per heavy atom. The van der Waals surface area contributed by atoms with E-state index in [9.17, 15) is 13.6 Å². The van der Waals surface area contributed by atoms with E-state index in [-0.39, 0.29) is 13.2 Å². The number of hydrogen-bond donors (Lipinski definition) is 2. The van der Waals surface area contributed by atoms with Crippen molar-refractivity contribution < 1.29 is 23.4 Å². The molecule has 0 aromatic rings. The van der Waals surface area contributed by atoms with Crippen LogP contribution in [0.3, 0.4) is 0 Å². The van der Waals surface area contributed by atoms with Crippen LogP contribution >= 0.6 is 0 Å². The zero-order valence-electron chi connectivity index (χ0n) is 9.43. The zero-order valence-corrected chi connectivity index (χ0v) is 9.43. The number of esters is 1. The van der Waals surface area contributed by atoms with Crippen LogP contribution < -0.4 is 5.32 Å². The number of halogens is 2. The SMILES string of the molecule is CCC(C)(CO)NCC1CC(F)(F)C(=O)O1. The minimum Gasteiger partial charge on any atom is -0.456 e. The Kier molecular flexibility index (Phi) is 3.85. The summed E-state index contributed by atoms with van der Waals surface area (Å²) in [5.41, 5.74) is -0.524. The molecule has 1 aliphatic rings. The van der Waals surface area contributed by atoms with Gasteiger partial charge in [0.05, 0.1) is 13.0 Å². The summed E-state index contributed by atoms with van der Waals surface area (Å²) in [5, 5.41) is 12.0. The molecule has 0 saturated carbocycles. The molecular weight excluding hydrogens is 220 g/mol. The highest BCUT2D eigenvalue weighted by atomic mass is 19.3. The number of aliphatic hydroxyl groups excluding tert-OH is 1. The maximum atomic E-state index is 12.8. The van der Waals surface area contributed by atoms with Crippen LogP contribution in [0.1, 0.15) is 26.7 Å². The van der Waals surface area contributed by atoms with Crippen LogP contribution in [0.2, 0.25) is 0 Å². The first-order chi connectivity index (χ1) is 7.33. The summed E-state index contributed by atoms with van der Waals surface area (Å²) in [6, 6.07) is 0. The number of aliphatic hydroxyl groups is 1. The molecule has 0 aromatic carbocycles. The smallest absolute Gasteiger partial charge is 0.377 e. The zero-order chi connectivity index (χ0) is 12.4. The number of hydrogen-bond acceptors (Lipinski definition) is 4. The van der Waals surface area contributed by atoms with Gasteiger partial charge < -0.3 is 15.2 Å². The predicted octanol–water partition coefficient (Wildman–Crippen LogP) is 0.688. The Bertz CT molecular complexity index is 267. The van der Waals surface area contributed by atoms with E-state index in [0.717, 1.165) is 0 Å². The van der Waals surface area contributed by atoms with Gasteiger partial charge in [0, 0.05) is 12.1 Å². The summed E-state index contributed by atoms with van der Waals surface area (Å²) in [7, 11) is 0. The molecule has 4 nitrogen and oxygen atoms in total. The third kappa shape index (κ3) is 2.89. The van der Waals surface area contributed by atoms with E-state index in [0.29, 0.717) is 6.42 Å². The van der Waals surface area contributed by atoms with Crippen molar-refractivity contribution in [2.45, 2.75) is 44.3 Å². The molecule has 1 aliphatic heterocycles. The van der Waals surface area contributed by atoms with Crippen LogP contribution in [0.15, 0.2) is 0 Å². The molecule has 0 aromatic heterocycles. The van der Waals surface area contributed by atoms with Crippen molar-refractivity contribution in [1.82, 2.24) is 5.32 Å². The van der Waals surface area contributed by atoms with Gasteiger partial charge in [-0.15, -0.1) is 0 Å². The Hall–Kier alpha value is -0.750. The average molecular weight is 237 g/mol. The summed E-state index contributed by atoms with van der Waals surface area (Å²) >= 11 is 0. The summed E-state index contributed by atoms with van der Waals surface area (Å²) in [4.78, 5) is 10.7. The quantitative estimate of drug-likeness (QED) is 0.691.